The molecule has 0 aliphatic carbocycles. The fraction of sp³-hybridized carbons (Fsp3) is 0.429. The van der Waals surface area contributed by atoms with Crippen molar-refractivity contribution >= 4 is 23.0 Å². The zero-order valence-electron chi connectivity index (χ0n) is 17.1. The van der Waals surface area contributed by atoms with Crippen molar-refractivity contribution in [3.63, 3.8) is 0 Å². The number of cyclic esters (lactones) is 1. The van der Waals surface area contributed by atoms with Gasteiger partial charge in [0.25, 0.3) is 0 Å². The van der Waals surface area contributed by atoms with Crippen LogP contribution in [0.5, 0.6) is 0 Å². The van der Waals surface area contributed by atoms with Gasteiger partial charge in [-0.25, -0.2) is 19.3 Å². The summed E-state index contributed by atoms with van der Waals surface area (Å²) in [6.45, 7) is 9.45. The van der Waals surface area contributed by atoms with Gasteiger partial charge < -0.3 is 13.9 Å². The van der Waals surface area contributed by atoms with Crippen LogP contribution < -0.4 is 0 Å². The van der Waals surface area contributed by atoms with Gasteiger partial charge in [-0.1, -0.05) is 0 Å². The van der Waals surface area contributed by atoms with Crippen molar-refractivity contribution in [1.29, 1.82) is 0 Å². The average Bonchev–Trinajstić information content (AvgIpc) is 3.30. The standard InChI is InChI=1S/C21H23N3O5/c1-10(2)24-19-16(9-22-24)15(20(25)29-18-7-12(4)28-21(18)26)8-17(23-19)14-6-11(3)27-13(14)5/h6,8-10,12,18H,7H2,1-5H3. The van der Waals surface area contributed by atoms with Gasteiger partial charge in [0.15, 0.2) is 5.65 Å². The normalized spacial score (nSPS) is 19.2. The highest BCUT2D eigenvalue weighted by Gasteiger charge is 2.36. The molecule has 0 saturated carbocycles. The molecule has 8 heteroatoms. The second-order valence-electron chi connectivity index (χ2n) is 7.68. The van der Waals surface area contributed by atoms with Gasteiger partial charge in [0, 0.05) is 18.0 Å². The Bertz CT molecular complexity index is 1110. The first-order valence-electron chi connectivity index (χ1n) is 9.61. The van der Waals surface area contributed by atoms with Crippen LogP contribution in [0.25, 0.3) is 22.3 Å². The highest BCUT2D eigenvalue weighted by molar-refractivity contribution is 6.04. The third-order valence-corrected chi connectivity index (χ3v) is 4.97. The van der Waals surface area contributed by atoms with Crippen molar-refractivity contribution in [1.82, 2.24) is 14.8 Å². The molecule has 0 amide bonds. The molecule has 1 aliphatic rings. The molecule has 2 unspecified atom stereocenters. The highest BCUT2D eigenvalue weighted by Crippen LogP contribution is 2.31. The maximum Gasteiger partial charge on any atom is 0.347 e. The van der Waals surface area contributed by atoms with E-state index in [2.05, 4.69) is 5.10 Å². The Kier molecular flexibility index (Phi) is 4.64. The number of pyridine rings is 1. The van der Waals surface area contributed by atoms with Crippen LogP contribution in [0.1, 0.15) is 55.1 Å². The predicted octanol–water partition coefficient (Wildman–Crippen LogP) is 3.75. The molecule has 0 N–H and O–H groups in total. The summed E-state index contributed by atoms with van der Waals surface area (Å²) < 4.78 is 18.0. The van der Waals surface area contributed by atoms with Crippen molar-refractivity contribution < 1.29 is 23.5 Å². The van der Waals surface area contributed by atoms with E-state index in [1.54, 1.807) is 23.9 Å². The van der Waals surface area contributed by atoms with E-state index in [4.69, 9.17) is 18.9 Å². The van der Waals surface area contributed by atoms with Gasteiger partial charge in [-0.05, 0) is 46.8 Å². The van der Waals surface area contributed by atoms with Crippen LogP contribution in [0.15, 0.2) is 22.7 Å². The number of carbonyl (C=O) groups excluding carboxylic acids is 2. The SMILES string of the molecule is Cc1cc(-c2cc(C(=O)OC3CC(C)OC3=O)c3cnn(C(C)C)c3n2)c(C)o1. The van der Waals surface area contributed by atoms with Crippen molar-refractivity contribution in [3.8, 4) is 11.3 Å². The minimum Gasteiger partial charge on any atom is -0.466 e. The summed E-state index contributed by atoms with van der Waals surface area (Å²) in [6.07, 6.45) is 0.777. The molecule has 4 heterocycles. The molecule has 0 bridgehead atoms. The van der Waals surface area contributed by atoms with Crippen molar-refractivity contribution in [2.45, 2.75) is 59.3 Å². The summed E-state index contributed by atoms with van der Waals surface area (Å²) in [7, 11) is 0. The summed E-state index contributed by atoms with van der Waals surface area (Å²) in [5.74, 6) is 0.340. The molecule has 8 nitrogen and oxygen atoms in total. The van der Waals surface area contributed by atoms with Crippen LogP contribution in [0.3, 0.4) is 0 Å². The molecule has 2 atom stereocenters. The lowest BCUT2D eigenvalue weighted by Crippen LogP contribution is -2.23. The lowest BCUT2D eigenvalue weighted by atomic mass is 10.1. The van der Waals surface area contributed by atoms with E-state index in [-0.39, 0.29) is 12.1 Å². The first-order valence-corrected chi connectivity index (χ1v) is 9.61. The van der Waals surface area contributed by atoms with Crippen LogP contribution >= 0.6 is 0 Å². The summed E-state index contributed by atoms with van der Waals surface area (Å²) in [6, 6.07) is 3.60. The number of rotatable bonds is 4. The third-order valence-electron chi connectivity index (χ3n) is 4.97. The quantitative estimate of drug-likeness (QED) is 0.619. The van der Waals surface area contributed by atoms with Gasteiger partial charge in [-0.3, -0.25) is 0 Å². The summed E-state index contributed by atoms with van der Waals surface area (Å²) in [5.41, 5.74) is 2.26. The van der Waals surface area contributed by atoms with Gasteiger partial charge in [0.1, 0.15) is 17.6 Å². The average molecular weight is 397 g/mol. The van der Waals surface area contributed by atoms with Gasteiger partial charge in [0.05, 0.1) is 22.8 Å². The Morgan fingerprint density at radius 3 is 2.66 bits per heavy atom. The van der Waals surface area contributed by atoms with Crippen LogP contribution in [0.4, 0.5) is 0 Å². The van der Waals surface area contributed by atoms with E-state index >= 15 is 0 Å². The molecular formula is C21H23N3O5. The van der Waals surface area contributed by atoms with E-state index in [9.17, 15) is 9.59 Å². The van der Waals surface area contributed by atoms with E-state index in [0.717, 1.165) is 11.3 Å². The van der Waals surface area contributed by atoms with Gasteiger partial charge >= 0.3 is 11.9 Å². The number of furan rings is 1. The zero-order valence-corrected chi connectivity index (χ0v) is 17.1. The number of nitrogens with zero attached hydrogens (tertiary/aromatic N) is 3. The van der Waals surface area contributed by atoms with E-state index in [1.165, 1.54) is 0 Å². The number of ether oxygens (including phenoxy) is 2. The molecule has 1 saturated heterocycles. The molecular weight excluding hydrogens is 374 g/mol. The first kappa shape index (κ1) is 19.2. The molecule has 29 heavy (non-hydrogen) atoms. The molecule has 4 rings (SSSR count). The number of aryl methyl sites for hydroxylation is 2. The number of carbonyl (C=O) groups is 2. The lowest BCUT2D eigenvalue weighted by Gasteiger charge is -2.12. The smallest absolute Gasteiger partial charge is 0.347 e. The molecule has 1 fully saturated rings. The monoisotopic (exact) mass is 397 g/mol. The Morgan fingerprint density at radius 2 is 2.07 bits per heavy atom. The number of hydrogen-bond acceptors (Lipinski definition) is 7. The van der Waals surface area contributed by atoms with Crippen LogP contribution in [-0.2, 0) is 14.3 Å². The molecule has 1 aliphatic heterocycles. The largest absolute Gasteiger partial charge is 0.466 e. The van der Waals surface area contributed by atoms with Crippen molar-refractivity contribution in [3.05, 3.63) is 35.4 Å². The minimum absolute atomic E-state index is 0.0527. The minimum atomic E-state index is -0.901. The highest BCUT2D eigenvalue weighted by atomic mass is 16.6. The predicted molar refractivity (Wildman–Crippen MR) is 104 cm³/mol. The molecule has 0 aromatic carbocycles. The zero-order chi connectivity index (χ0) is 20.9. The number of aromatic nitrogens is 3. The summed E-state index contributed by atoms with van der Waals surface area (Å²) in [5, 5.41) is 4.96. The number of hydrogen-bond donors (Lipinski definition) is 0. The maximum atomic E-state index is 13.0. The lowest BCUT2D eigenvalue weighted by molar-refractivity contribution is -0.147. The molecule has 0 spiro atoms. The topological polar surface area (TPSA) is 96.5 Å². The van der Waals surface area contributed by atoms with E-state index < -0.39 is 18.0 Å². The Morgan fingerprint density at radius 1 is 1.31 bits per heavy atom. The molecule has 0 radical (unpaired) electrons. The third kappa shape index (κ3) is 3.39. The maximum absolute atomic E-state index is 13.0. The Labute approximate surface area is 167 Å². The van der Waals surface area contributed by atoms with Crippen LogP contribution in [0.2, 0.25) is 0 Å². The second-order valence-corrected chi connectivity index (χ2v) is 7.68. The molecule has 3 aromatic rings. The Balaban J connectivity index is 1.82. The molecule has 152 valence electrons. The fourth-order valence-corrected chi connectivity index (χ4v) is 3.60. The van der Waals surface area contributed by atoms with Gasteiger partial charge in [-0.2, -0.15) is 5.10 Å². The van der Waals surface area contributed by atoms with E-state index in [0.29, 0.717) is 34.5 Å². The fourth-order valence-electron chi connectivity index (χ4n) is 3.60. The number of fused-ring (bicyclic) bond motifs is 1. The summed E-state index contributed by atoms with van der Waals surface area (Å²) >= 11 is 0. The van der Waals surface area contributed by atoms with Crippen molar-refractivity contribution in [2.24, 2.45) is 0 Å². The molecule has 3 aromatic heterocycles. The summed E-state index contributed by atoms with van der Waals surface area (Å²) in [4.78, 5) is 29.6. The van der Waals surface area contributed by atoms with Gasteiger partial charge in [-0.15, -0.1) is 0 Å². The number of esters is 2. The van der Waals surface area contributed by atoms with Gasteiger partial charge in [0.2, 0.25) is 6.10 Å². The van der Waals surface area contributed by atoms with Crippen LogP contribution in [0, 0.1) is 13.8 Å². The van der Waals surface area contributed by atoms with Crippen molar-refractivity contribution in [2.75, 3.05) is 0 Å². The second kappa shape index (κ2) is 7.02. The van der Waals surface area contributed by atoms with E-state index in [1.807, 2.05) is 33.8 Å². The Hall–Kier alpha value is -3.16. The van der Waals surface area contributed by atoms with Crippen LogP contribution in [-0.4, -0.2) is 38.9 Å². The first-order chi connectivity index (χ1) is 13.7.